The molecule has 19 heavy (non-hydrogen) atoms. The van der Waals surface area contributed by atoms with Gasteiger partial charge in [0.15, 0.2) is 5.82 Å². The van der Waals surface area contributed by atoms with Crippen LogP contribution in [0, 0.1) is 0 Å². The Morgan fingerprint density at radius 2 is 2.05 bits per heavy atom. The minimum atomic E-state index is -0.529. The molecule has 2 aromatic rings. The van der Waals surface area contributed by atoms with Gasteiger partial charge in [0.1, 0.15) is 0 Å². The van der Waals surface area contributed by atoms with Gasteiger partial charge in [-0.1, -0.05) is 23.2 Å². The number of nitrogens with zero attached hydrogens (tertiary/aromatic N) is 1. The first-order chi connectivity index (χ1) is 8.97. The van der Waals surface area contributed by atoms with Gasteiger partial charge in [-0.2, -0.15) is 5.10 Å². The number of aromatic nitrogens is 2. The van der Waals surface area contributed by atoms with Crippen LogP contribution < -0.4 is 16.6 Å². The van der Waals surface area contributed by atoms with Gasteiger partial charge in [-0.15, -0.1) is 0 Å². The van der Waals surface area contributed by atoms with Gasteiger partial charge in [-0.05, 0) is 18.2 Å². The summed E-state index contributed by atoms with van der Waals surface area (Å²) in [4.78, 5) is 22.8. The molecule has 0 saturated heterocycles. The third kappa shape index (κ3) is 3.04. The van der Waals surface area contributed by atoms with E-state index in [-0.39, 0.29) is 27.0 Å². The molecule has 0 spiro atoms. The summed E-state index contributed by atoms with van der Waals surface area (Å²) >= 11 is 11.8. The Labute approximate surface area is 117 Å². The molecular formula is C11H8Cl2N4O2. The van der Waals surface area contributed by atoms with E-state index in [1.54, 1.807) is 0 Å². The highest BCUT2D eigenvalue weighted by molar-refractivity contribution is 6.44. The molecule has 98 valence electrons. The number of amides is 1. The average Bonchev–Trinajstić information content (AvgIpc) is 2.36. The van der Waals surface area contributed by atoms with Crippen LogP contribution >= 0.6 is 23.2 Å². The van der Waals surface area contributed by atoms with Crippen molar-refractivity contribution in [1.82, 2.24) is 10.2 Å². The molecule has 0 atom stereocenters. The number of hydrogen-bond donors (Lipinski definition) is 3. The molecule has 0 aliphatic rings. The van der Waals surface area contributed by atoms with Crippen LogP contribution in [0.1, 0.15) is 10.4 Å². The number of carbonyl (C=O) groups is 1. The molecule has 0 saturated carbocycles. The summed E-state index contributed by atoms with van der Waals surface area (Å²) in [5, 5.41) is 8.57. The third-order valence-corrected chi connectivity index (χ3v) is 3.02. The molecule has 8 heteroatoms. The quantitative estimate of drug-likeness (QED) is 0.737. The molecule has 0 bridgehead atoms. The number of anilines is 2. The van der Waals surface area contributed by atoms with Crippen LogP contribution in [0.25, 0.3) is 0 Å². The van der Waals surface area contributed by atoms with Crippen LogP contribution in [0.3, 0.4) is 0 Å². The molecule has 0 aliphatic carbocycles. The maximum atomic E-state index is 12.0. The maximum Gasteiger partial charge on any atom is 0.264 e. The number of halogens is 2. The van der Waals surface area contributed by atoms with Crippen molar-refractivity contribution in [3.8, 4) is 0 Å². The number of aromatic amines is 1. The highest BCUT2D eigenvalue weighted by Gasteiger charge is 2.14. The predicted molar refractivity (Wildman–Crippen MR) is 73.7 cm³/mol. The lowest BCUT2D eigenvalue weighted by atomic mass is 10.2. The summed E-state index contributed by atoms with van der Waals surface area (Å²) in [5.74, 6) is -0.349. The minimum absolute atomic E-state index is 0.0952. The number of carbonyl (C=O) groups excluding carboxylic acids is 1. The third-order valence-electron chi connectivity index (χ3n) is 2.22. The van der Waals surface area contributed by atoms with Crippen molar-refractivity contribution in [3.63, 3.8) is 0 Å². The first-order valence-corrected chi connectivity index (χ1v) is 5.84. The normalized spacial score (nSPS) is 10.2. The Morgan fingerprint density at radius 3 is 2.68 bits per heavy atom. The van der Waals surface area contributed by atoms with Crippen molar-refractivity contribution in [2.45, 2.75) is 0 Å². The average molecular weight is 299 g/mol. The lowest BCUT2D eigenvalue weighted by molar-refractivity contribution is 0.102. The molecule has 0 aliphatic heterocycles. The second-order valence-corrected chi connectivity index (χ2v) is 4.41. The van der Waals surface area contributed by atoms with Crippen molar-refractivity contribution in [1.29, 1.82) is 0 Å². The summed E-state index contributed by atoms with van der Waals surface area (Å²) in [6.45, 7) is 0. The van der Waals surface area contributed by atoms with Crippen LogP contribution in [-0.2, 0) is 0 Å². The first-order valence-electron chi connectivity index (χ1n) is 5.09. The van der Waals surface area contributed by atoms with E-state index in [1.165, 1.54) is 24.3 Å². The van der Waals surface area contributed by atoms with Gasteiger partial charge in [0, 0.05) is 11.8 Å². The van der Waals surface area contributed by atoms with E-state index in [1.807, 2.05) is 0 Å². The second kappa shape index (κ2) is 5.29. The fourth-order valence-corrected chi connectivity index (χ4v) is 1.80. The van der Waals surface area contributed by atoms with Crippen LogP contribution in [0.15, 0.2) is 29.1 Å². The summed E-state index contributed by atoms with van der Waals surface area (Å²) in [6, 6.07) is 5.43. The zero-order chi connectivity index (χ0) is 14.0. The maximum absolute atomic E-state index is 12.0. The first kappa shape index (κ1) is 13.4. The van der Waals surface area contributed by atoms with Crippen molar-refractivity contribution in [3.05, 3.63) is 50.2 Å². The number of nitrogens with one attached hydrogen (secondary N) is 2. The smallest absolute Gasteiger partial charge is 0.264 e. The molecular weight excluding hydrogens is 291 g/mol. The van der Waals surface area contributed by atoms with E-state index in [2.05, 4.69) is 15.5 Å². The van der Waals surface area contributed by atoms with E-state index >= 15 is 0 Å². The number of rotatable bonds is 2. The largest absolute Gasteiger partial charge is 0.399 e. The fourth-order valence-electron chi connectivity index (χ4n) is 1.37. The Balaban J connectivity index is 2.30. The number of nitrogens with two attached hydrogens (primary N) is 1. The van der Waals surface area contributed by atoms with Gasteiger partial charge < -0.3 is 11.1 Å². The second-order valence-electron chi connectivity index (χ2n) is 3.62. The molecule has 2 rings (SSSR count). The SMILES string of the molecule is Nc1cc(Cl)c(Cl)c(C(=O)Nc2ccc(=O)[nH]n2)c1. The molecule has 1 amide bonds. The Bertz CT molecular complexity index is 679. The van der Waals surface area contributed by atoms with E-state index < -0.39 is 5.91 Å². The van der Waals surface area contributed by atoms with Crippen molar-refractivity contribution in [2.24, 2.45) is 0 Å². The van der Waals surface area contributed by atoms with Gasteiger partial charge in [0.25, 0.3) is 11.5 Å². The Kier molecular flexibility index (Phi) is 3.73. The van der Waals surface area contributed by atoms with Gasteiger partial charge in [-0.25, -0.2) is 5.10 Å². The number of hydrogen-bond acceptors (Lipinski definition) is 4. The van der Waals surface area contributed by atoms with Crippen molar-refractivity contribution in [2.75, 3.05) is 11.1 Å². The van der Waals surface area contributed by atoms with Gasteiger partial charge in [-0.3, -0.25) is 9.59 Å². The molecule has 0 unspecified atom stereocenters. The standard InChI is InChI=1S/C11H8Cl2N4O2/c12-7-4-5(14)3-6(10(7)13)11(19)15-8-1-2-9(18)17-16-8/h1-4H,14H2,(H,17,18)(H,15,16,19). The number of benzene rings is 1. The summed E-state index contributed by atoms with van der Waals surface area (Å²) in [5.41, 5.74) is 5.66. The molecule has 0 radical (unpaired) electrons. The zero-order valence-electron chi connectivity index (χ0n) is 9.41. The van der Waals surface area contributed by atoms with E-state index in [4.69, 9.17) is 28.9 Å². The van der Waals surface area contributed by atoms with E-state index in [9.17, 15) is 9.59 Å². The highest BCUT2D eigenvalue weighted by Crippen LogP contribution is 2.29. The van der Waals surface area contributed by atoms with E-state index in [0.29, 0.717) is 5.69 Å². The van der Waals surface area contributed by atoms with Crippen LogP contribution in [0.5, 0.6) is 0 Å². The Morgan fingerprint density at radius 1 is 1.32 bits per heavy atom. The van der Waals surface area contributed by atoms with Crippen LogP contribution in [-0.4, -0.2) is 16.1 Å². The van der Waals surface area contributed by atoms with Crippen LogP contribution in [0.2, 0.25) is 10.0 Å². The summed E-state index contributed by atoms with van der Waals surface area (Å²) in [7, 11) is 0. The van der Waals surface area contributed by atoms with Crippen molar-refractivity contribution < 1.29 is 4.79 Å². The number of H-pyrrole nitrogens is 1. The lowest BCUT2D eigenvalue weighted by Gasteiger charge is -2.07. The van der Waals surface area contributed by atoms with Gasteiger partial charge in [0.05, 0.1) is 15.6 Å². The Hall–Kier alpha value is -2.05. The van der Waals surface area contributed by atoms with Gasteiger partial charge in [0.2, 0.25) is 0 Å². The number of nitrogen functional groups attached to an aromatic ring is 1. The summed E-state index contributed by atoms with van der Waals surface area (Å²) in [6.07, 6.45) is 0. The van der Waals surface area contributed by atoms with Crippen LogP contribution in [0.4, 0.5) is 11.5 Å². The molecule has 4 N–H and O–H groups in total. The van der Waals surface area contributed by atoms with Crippen molar-refractivity contribution >= 4 is 40.6 Å². The molecule has 1 aromatic heterocycles. The molecule has 1 heterocycles. The molecule has 0 fully saturated rings. The predicted octanol–water partition coefficient (Wildman–Crippen LogP) is 1.91. The van der Waals surface area contributed by atoms with E-state index in [0.717, 1.165) is 0 Å². The molecule has 1 aromatic carbocycles. The molecule has 6 nitrogen and oxygen atoms in total. The lowest BCUT2D eigenvalue weighted by Crippen LogP contribution is -2.16. The fraction of sp³-hybridized carbons (Fsp3) is 0. The summed E-state index contributed by atoms with van der Waals surface area (Å²) < 4.78 is 0. The van der Waals surface area contributed by atoms with Gasteiger partial charge >= 0.3 is 0 Å². The topological polar surface area (TPSA) is 101 Å². The zero-order valence-corrected chi connectivity index (χ0v) is 10.9. The minimum Gasteiger partial charge on any atom is -0.399 e. The highest BCUT2D eigenvalue weighted by atomic mass is 35.5. The monoisotopic (exact) mass is 298 g/mol.